The van der Waals surface area contributed by atoms with Gasteiger partial charge in [-0.05, 0) is 18.6 Å². The van der Waals surface area contributed by atoms with Crippen LogP contribution in [0.3, 0.4) is 0 Å². The van der Waals surface area contributed by atoms with Crippen LogP contribution in [0.1, 0.15) is 27.8 Å². The van der Waals surface area contributed by atoms with Crippen LogP contribution in [-0.4, -0.2) is 37.4 Å². The second-order valence-corrected chi connectivity index (χ2v) is 4.99. The highest BCUT2D eigenvalue weighted by Crippen LogP contribution is 2.10. The molecule has 3 aromatic heterocycles. The highest BCUT2D eigenvalue weighted by Gasteiger charge is 2.17. The van der Waals surface area contributed by atoms with E-state index in [1.807, 2.05) is 29.7 Å². The minimum atomic E-state index is -0.182. The summed E-state index contributed by atoms with van der Waals surface area (Å²) < 4.78 is 6.74. The first-order valence-electron chi connectivity index (χ1n) is 6.53. The smallest absolute Gasteiger partial charge is 0.274 e. The molecule has 0 aliphatic rings. The zero-order chi connectivity index (χ0) is 15.0. The third kappa shape index (κ3) is 2.62. The Hall–Kier alpha value is -2.70. The first-order valence-corrected chi connectivity index (χ1v) is 6.53. The molecule has 0 N–H and O–H groups in total. The van der Waals surface area contributed by atoms with Crippen molar-refractivity contribution in [3.8, 4) is 0 Å². The lowest BCUT2D eigenvalue weighted by atomic mass is 10.3. The van der Waals surface area contributed by atoms with Crippen molar-refractivity contribution < 1.29 is 9.32 Å². The van der Waals surface area contributed by atoms with E-state index in [1.165, 1.54) is 4.90 Å². The van der Waals surface area contributed by atoms with Gasteiger partial charge in [-0.1, -0.05) is 11.2 Å². The van der Waals surface area contributed by atoms with E-state index in [0.29, 0.717) is 17.4 Å². The van der Waals surface area contributed by atoms with E-state index < -0.39 is 0 Å². The zero-order valence-corrected chi connectivity index (χ0v) is 12.1. The molecule has 0 saturated heterocycles. The lowest BCUT2D eigenvalue weighted by Gasteiger charge is -2.12. The molecule has 0 unspecified atom stereocenters. The van der Waals surface area contributed by atoms with E-state index in [0.717, 1.165) is 11.2 Å². The molecule has 7 heteroatoms. The molecule has 108 valence electrons. The van der Waals surface area contributed by atoms with Crippen LogP contribution in [0.4, 0.5) is 0 Å². The van der Waals surface area contributed by atoms with Gasteiger partial charge in [0.2, 0.25) is 5.89 Å². The standard InChI is InChI=1S/C14H15N5O2/c1-9-4-5-13-16-11(7-19(13)6-9)14(20)18(3)8-12-15-10(2)21-17-12/h4-7H,8H2,1-3H3. The number of aromatic nitrogens is 4. The number of carbonyl (C=O) groups excluding carboxylic acids is 1. The largest absolute Gasteiger partial charge is 0.340 e. The Morgan fingerprint density at radius 3 is 2.81 bits per heavy atom. The van der Waals surface area contributed by atoms with Crippen LogP contribution in [-0.2, 0) is 6.54 Å². The molecule has 7 nitrogen and oxygen atoms in total. The van der Waals surface area contributed by atoms with Gasteiger partial charge in [0.05, 0.1) is 6.54 Å². The van der Waals surface area contributed by atoms with Crippen LogP contribution >= 0.6 is 0 Å². The van der Waals surface area contributed by atoms with E-state index in [2.05, 4.69) is 15.1 Å². The fourth-order valence-corrected chi connectivity index (χ4v) is 2.09. The topological polar surface area (TPSA) is 76.5 Å². The second kappa shape index (κ2) is 5.01. The van der Waals surface area contributed by atoms with Crippen molar-refractivity contribution in [1.82, 2.24) is 24.4 Å². The maximum atomic E-state index is 12.4. The van der Waals surface area contributed by atoms with Crippen LogP contribution in [0.25, 0.3) is 5.65 Å². The van der Waals surface area contributed by atoms with Gasteiger partial charge in [-0.3, -0.25) is 4.79 Å². The van der Waals surface area contributed by atoms with E-state index >= 15 is 0 Å². The Bertz CT molecular complexity index is 805. The lowest BCUT2D eigenvalue weighted by Crippen LogP contribution is -2.27. The van der Waals surface area contributed by atoms with Gasteiger partial charge in [-0.25, -0.2) is 4.98 Å². The van der Waals surface area contributed by atoms with Crippen LogP contribution in [0.2, 0.25) is 0 Å². The van der Waals surface area contributed by atoms with Crippen LogP contribution < -0.4 is 0 Å². The van der Waals surface area contributed by atoms with Crippen molar-refractivity contribution in [2.45, 2.75) is 20.4 Å². The number of nitrogens with zero attached hydrogens (tertiary/aromatic N) is 5. The third-order valence-corrected chi connectivity index (χ3v) is 3.11. The van der Waals surface area contributed by atoms with Gasteiger partial charge in [-0.2, -0.15) is 4.98 Å². The number of carbonyl (C=O) groups is 1. The molecule has 3 heterocycles. The molecule has 21 heavy (non-hydrogen) atoms. The predicted octanol–water partition coefficient (Wildman–Crippen LogP) is 1.61. The summed E-state index contributed by atoms with van der Waals surface area (Å²) in [6, 6.07) is 3.84. The second-order valence-electron chi connectivity index (χ2n) is 4.99. The molecule has 0 atom stereocenters. The number of hydrogen-bond donors (Lipinski definition) is 0. The summed E-state index contributed by atoms with van der Waals surface area (Å²) in [6.45, 7) is 3.98. The predicted molar refractivity (Wildman–Crippen MR) is 74.8 cm³/mol. The van der Waals surface area contributed by atoms with Crippen molar-refractivity contribution >= 4 is 11.6 Å². The Kier molecular flexibility index (Phi) is 3.17. The normalized spacial score (nSPS) is 11.0. The number of rotatable bonds is 3. The Labute approximate surface area is 121 Å². The van der Waals surface area contributed by atoms with Crippen LogP contribution in [0.5, 0.6) is 0 Å². The van der Waals surface area contributed by atoms with Gasteiger partial charge in [0, 0.05) is 26.4 Å². The maximum Gasteiger partial charge on any atom is 0.274 e. The van der Waals surface area contributed by atoms with E-state index in [1.54, 1.807) is 20.2 Å². The fraction of sp³-hybridized carbons (Fsp3) is 0.286. The average molecular weight is 285 g/mol. The minimum absolute atomic E-state index is 0.182. The van der Waals surface area contributed by atoms with Crippen molar-refractivity contribution in [1.29, 1.82) is 0 Å². The molecule has 0 aromatic carbocycles. The van der Waals surface area contributed by atoms with E-state index in [9.17, 15) is 4.79 Å². The van der Waals surface area contributed by atoms with Gasteiger partial charge in [0.25, 0.3) is 5.91 Å². The summed E-state index contributed by atoms with van der Waals surface area (Å²) in [4.78, 5) is 22.3. The zero-order valence-electron chi connectivity index (χ0n) is 12.1. The van der Waals surface area contributed by atoms with Gasteiger partial charge in [0.15, 0.2) is 5.82 Å². The molecule has 3 aromatic rings. The molecule has 0 radical (unpaired) electrons. The van der Waals surface area contributed by atoms with Gasteiger partial charge < -0.3 is 13.8 Å². The maximum absolute atomic E-state index is 12.4. The van der Waals surface area contributed by atoms with Crippen molar-refractivity contribution in [3.05, 3.63) is 47.5 Å². The summed E-state index contributed by atoms with van der Waals surface area (Å²) >= 11 is 0. The lowest BCUT2D eigenvalue weighted by molar-refractivity contribution is 0.0775. The molecule has 0 spiro atoms. The molecular weight excluding hydrogens is 270 g/mol. The number of hydrogen-bond acceptors (Lipinski definition) is 5. The van der Waals surface area contributed by atoms with Crippen molar-refractivity contribution in [2.75, 3.05) is 7.05 Å². The summed E-state index contributed by atoms with van der Waals surface area (Å²) in [6.07, 6.45) is 3.66. The Morgan fingerprint density at radius 1 is 1.29 bits per heavy atom. The van der Waals surface area contributed by atoms with Crippen LogP contribution in [0, 0.1) is 13.8 Å². The highest BCUT2D eigenvalue weighted by atomic mass is 16.5. The quantitative estimate of drug-likeness (QED) is 0.730. The number of aryl methyl sites for hydroxylation is 2. The summed E-state index contributed by atoms with van der Waals surface area (Å²) in [5, 5.41) is 3.78. The molecule has 0 bridgehead atoms. The first kappa shape index (κ1) is 13.3. The fourth-order valence-electron chi connectivity index (χ4n) is 2.09. The van der Waals surface area contributed by atoms with E-state index in [-0.39, 0.29) is 12.5 Å². The average Bonchev–Trinajstić information content (AvgIpc) is 3.03. The SMILES string of the molecule is Cc1ccc2nc(C(=O)N(C)Cc3noc(C)n3)cn2c1. The van der Waals surface area contributed by atoms with Gasteiger partial charge in [-0.15, -0.1) is 0 Å². The molecule has 0 saturated carbocycles. The molecule has 3 rings (SSSR count). The minimum Gasteiger partial charge on any atom is -0.340 e. The molecule has 0 fully saturated rings. The number of amides is 1. The van der Waals surface area contributed by atoms with Crippen molar-refractivity contribution in [2.24, 2.45) is 0 Å². The summed E-state index contributed by atoms with van der Waals surface area (Å²) in [5.41, 5.74) is 2.24. The van der Waals surface area contributed by atoms with Gasteiger partial charge in [0.1, 0.15) is 11.3 Å². The number of fused-ring (bicyclic) bond motifs is 1. The Morgan fingerprint density at radius 2 is 2.10 bits per heavy atom. The number of pyridine rings is 1. The van der Waals surface area contributed by atoms with Crippen LogP contribution in [0.15, 0.2) is 29.0 Å². The monoisotopic (exact) mass is 285 g/mol. The molecular formula is C14H15N5O2. The highest BCUT2D eigenvalue weighted by molar-refractivity contribution is 5.92. The first-order chi connectivity index (χ1) is 10.0. The third-order valence-electron chi connectivity index (χ3n) is 3.11. The Balaban J connectivity index is 1.82. The molecule has 1 amide bonds. The van der Waals surface area contributed by atoms with E-state index in [4.69, 9.17) is 4.52 Å². The summed E-state index contributed by atoms with van der Waals surface area (Å²) in [7, 11) is 1.68. The molecule has 0 aliphatic carbocycles. The summed E-state index contributed by atoms with van der Waals surface area (Å²) in [5.74, 6) is 0.774. The van der Waals surface area contributed by atoms with Gasteiger partial charge >= 0.3 is 0 Å². The van der Waals surface area contributed by atoms with Crippen molar-refractivity contribution in [3.63, 3.8) is 0 Å². The number of imidazole rings is 1. The molecule has 0 aliphatic heterocycles.